The number of nitrogens with one attached hydrogen (secondary N) is 2. The number of benzene rings is 2. The molecule has 0 spiro atoms. The lowest BCUT2D eigenvalue weighted by atomic mass is 10.0. The molecule has 2 aliphatic rings. The van der Waals surface area contributed by atoms with Crippen molar-refractivity contribution in [2.24, 2.45) is 0 Å². The molecule has 6 bridgehead atoms. The average molecular weight is 466 g/mol. The number of likely N-dealkylation sites (tertiary alicyclic amines) is 1. The van der Waals surface area contributed by atoms with E-state index in [1.807, 2.05) is 18.2 Å². The summed E-state index contributed by atoms with van der Waals surface area (Å²) in [6.45, 7) is 4.01. The van der Waals surface area contributed by atoms with Crippen LogP contribution in [0.25, 0.3) is 0 Å². The molecule has 0 radical (unpaired) electrons. The molecule has 172 valence electrons. The van der Waals surface area contributed by atoms with Gasteiger partial charge in [0.2, 0.25) is 5.95 Å². The van der Waals surface area contributed by atoms with Crippen LogP contribution in [0.1, 0.15) is 24.0 Å². The first kappa shape index (κ1) is 21.8. The second-order valence-corrected chi connectivity index (χ2v) is 8.80. The molecule has 1 saturated heterocycles. The van der Waals surface area contributed by atoms with E-state index in [0.29, 0.717) is 23.4 Å². The van der Waals surface area contributed by atoms with Gasteiger partial charge in [0.15, 0.2) is 5.82 Å². The van der Waals surface area contributed by atoms with Crippen molar-refractivity contribution in [3.05, 3.63) is 58.7 Å². The van der Waals surface area contributed by atoms with Crippen molar-refractivity contribution in [2.75, 3.05) is 44.0 Å². The Morgan fingerprint density at radius 3 is 2.73 bits per heavy atom. The summed E-state index contributed by atoms with van der Waals surface area (Å²) in [6, 6.07) is 12.3. The lowest BCUT2D eigenvalue weighted by molar-refractivity contribution is 0.236. The molecule has 0 atom stereocenters. The average Bonchev–Trinajstić information content (AvgIpc) is 3.34. The number of aryl methyl sites for hydroxylation is 2. The molecule has 7 nitrogen and oxygen atoms in total. The molecule has 0 saturated carbocycles. The predicted octanol–water partition coefficient (Wildman–Crippen LogP) is 5.20. The van der Waals surface area contributed by atoms with Gasteiger partial charge in [-0.2, -0.15) is 4.98 Å². The Morgan fingerprint density at radius 2 is 1.88 bits per heavy atom. The predicted molar refractivity (Wildman–Crippen MR) is 132 cm³/mol. The molecule has 3 heterocycles. The summed E-state index contributed by atoms with van der Waals surface area (Å²) in [4.78, 5) is 11.4. The van der Waals surface area contributed by atoms with Crippen LogP contribution < -0.4 is 20.1 Å². The maximum Gasteiger partial charge on any atom is 0.229 e. The largest absolute Gasteiger partial charge is 0.495 e. The van der Waals surface area contributed by atoms with Crippen molar-refractivity contribution in [2.45, 2.75) is 25.7 Å². The molecular formula is C25H28ClN5O2. The third-order valence-corrected chi connectivity index (χ3v) is 6.40. The Labute approximate surface area is 199 Å². The van der Waals surface area contributed by atoms with E-state index in [1.165, 1.54) is 31.5 Å². The van der Waals surface area contributed by atoms with Gasteiger partial charge in [-0.15, -0.1) is 0 Å². The number of hydrogen-bond acceptors (Lipinski definition) is 7. The van der Waals surface area contributed by atoms with E-state index in [1.54, 1.807) is 13.3 Å². The maximum absolute atomic E-state index is 6.37. The van der Waals surface area contributed by atoms with Crippen LogP contribution in [0.5, 0.6) is 11.5 Å². The first-order chi connectivity index (χ1) is 16.2. The van der Waals surface area contributed by atoms with Gasteiger partial charge in [-0.1, -0.05) is 17.7 Å². The van der Waals surface area contributed by atoms with Crippen LogP contribution in [0.4, 0.5) is 23.1 Å². The van der Waals surface area contributed by atoms with Crippen molar-refractivity contribution in [3.8, 4) is 11.5 Å². The van der Waals surface area contributed by atoms with E-state index in [9.17, 15) is 0 Å². The molecule has 5 rings (SSSR count). The first-order valence-electron chi connectivity index (χ1n) is 11.4. The van der Waals surface area contributed by atoms with Crippen molar-refractivity contribution in [1.29, 1.82) is 0 Å². The van der Waals surface area contributed by atoms with Crippen LogP contribution in [0.3, 0.4) is 0 Å². The lowest BCUT2D eigenvalue weighted by Gasteiger charge is -2.17. The normalized spacial score (nSPS) is 15.5. The highest BCUT2D eigenvalue weighted by Gasteiger charge is 2.15. The molecule has 3 aromatic rings. The summed E-state index contributed by atoms with van der Waals surface area (Å²) in [7, 11) is 1.65. The van der Waals surface area contributed by atoms with E-state index in [4.69, 9.17) is 21.1 Å². The molecular weight excluding hydrogens is 438 g/mol. The van der Waals surface area contributed by atoms with E-state index < -0.39 is 0 Å². The number of aromatic nitrogens is 2. The monoisotopic (exact) mass is 465 g/mol. The quantitative estimate of drug-likeness (QED) is 0.536. The number of anilines is 4. The summed E-state index contributed by atoms with van der Waals surface area (Å²) < 4.78 is 11.8. The van der Waals surface area contributed by atoms with Crippen LogP contribution in [0.2, 0.25) is 5.02 Å². The fourth-order valence-electron chi connectivity index (χ4n) is 4.34. The summed E-state index contributed by atoms with van der Waals surface area (Å²) >= 11 is 6.37. The van der Waals surface area contributed by atoms with Gasteiger partial charge < -0.3 is 20.1 Å². The summed E-state index contributed by atoms with van der Waals surface area (Å²) in [5.41, 5.74) is 4.06. The number of ether oxygens (including phenoxy) is 2. The SMILES string of the molecule is COc1ccc2cc1Nc1nc(ncc1Cl)Nc1ccc(OCCN3CCCC3)c(c1)CC2. The zero-order valence-corrected chi connectivity index (χ0v) is 19.5. The Morgan fingerprint density at radius 1 is 1.03 bits per heavy atom. The molecule has 33 heavy (non-hydrogen) atoms. The van der Waals surface area contributed by atoms with Crippen molar-refractivity contribution in [1.82, 2.24) is 14.9 Å². The van der Waals surface area contributed by atoms with Crippen molar-refractivity contribution >= 4 is 34.7 Å². The van der Waals surface area contributed by atoms with Gasteiger partial charge in [-0.25, -0.2) is 4.98 Å². The van der Waals surface area contributed by atoms with Crippen LogP contribution in [0.15, 0.2) is 42.6 Å². The number of fused-ring (bicyclic) bond motifs is 6. The number of rotatable bonds is 5. The van der Waals surface area contributed by atoms with Crippen LogP contribution in [-0.4, -0.2) is 48.2 Å². The molecule has 2 aliphatic heterocycles. The van der Waals surface area contributed by atoms with Gasteiger partial charge >= 0.3 is 0 Å². The van der Waals surface area contributed by atoms with Crippen LogP contribution in [0, 0.1) is 0 Å². The highest BCUT2D eigenvalue weighted by Crippen LogP contribution is 2.33. The first-order valence-corrected chi connectivity index (χ1v) is 11.8. The molecule has 0 unspecified atom stereocenters. The smallest absolute Gasteiger partial charge is 0.229 e. The van der Waals surface area contributed by atoms with Crippen LogP contribution in [-0.2, 0) is 12.8 Å². The second kappa shape index (κ2) is 9.85. The zero-order chi connectivity index (χ0) is 22.6. The molecule has 0 aliphatic carbocycles. The minimum Gasteiger partial charge on any atom is -0.495 e. The van der Waals surface area contributed by atoms with E-state index in [-0.39, 0.29) is 0 Å². The van der Waals surface area contributed by atoms with Gasteiger partial charge in [0, 0.05) is 12.2 Å². The Hall–Kier alpha value is -3.03. The highest BCUT2D eigenvalue weighted by atomic mass is 35.5. The fraction of sp³-hybridized carbons (Fsp3) is 0.360. The number of nitrogens with zero attached hydrogens (tertiary/aromatic N) is 3. The minimum absolute atomic E-state index is 0.435. The van der Waals surface area contributed by atoms with Gasteiger partial charge in [0.05, 0.1) is 19.0 Å². The van der Waals surface area contributed by atoms with Gasteiger partial charge in [-0.3, -0.25) is 4.90 Å². The molecule has 2 N–H and O–H groups in total. The number of hydrogen-bond donors (Lipinski definition) is 2. The Kier molecular flexibility index (Phi) is 6.51. The van der Waals surface area contributed by atoms with Crippen molar-refractivity contribution in [3.63, 3.8) is 0 Å². The molecule has 8 heteroatoms. The van der Waals surface area contributed by atoms with Gasteiger partial charge in [-0.05, 0) is 80.2 Å². The lowest BCUT2D eigenvalue weighted by Crippen LogP contribution is -2.25. The highest BCUT2D eigenvalue weighted by molar-refractivity contribution is 6.32. The summed E-state index contributed by atoms with van der Waals surface area (Å²) in [5, 5.41) is 7.04. The van der Waals surface area contributed by atoms with E-state index >= 15 is 0 Å². The van der Waals surface area contributed by atoms with Crippen molar-refractivity contribution < 1.29 is 9.47 Å². The minimum atomic E-state index is 0.435. The molecule has 2 aromatic carbocycles. The second-order valence-electron chi connectivity index (χ2n) is 8.39. The summed E-state index contributed by atoms with van der Waals surface area (Å²) in [5.74, 6) is 2.64. The topological polar surface area (TPSA) is 71.5 Å². The standard InChI is InChI=1S/C25H28ClN5O2/c1-32-23-8-5-17-4-6-18-15-19(7-9-22(18)33-13-12-31-10-2-3-11-31)28-25-27-16-20(26)24(30-25)29-21(23)14-17/h5,7-9,14-16H,2-4,6,10-13H2,1H3,(H2,27,28,29,30). The van der Waals surface area contributed by atoms with Gasteiger partial charge in [0.1, 0.15) is 23.1 Å². The number of methoxy groups -OCH3 is 1. The maximum atomic E-state index is 6.37. The fourth-order valence-corrected chi connectivity index (χ4v) is 4.48. The zero-order valence-electron chi connectivity index (χ0n) is 18.7. The van der Waals surface area contributed by atoms with E-state index in [2.05, 4.69) is 43.7 Å². The molecule has 0 amide bonds. The molecule has 1 aromatic heterocycles. The summed E-state index contributed by atoms with van der Waals surface area (Å²) in [6.07, 6.45) is 5.88. The Balaban J connectivity index is 1.45. The molecule has 1 fully saturated rings. The third kappa shape index (κ3) is 5.15. The third-order valence-electron chi connectivity index (χ3n) is 6.12. The van der Waals surface area contributed by atoms with Gasteiger partial charge in [0.25, 0.3) is 0 Å². The van der Waals surface area contributed by atoms with E-state index in [0.717, 1.165) is 47.8 Å². The number of halogens is 1. The Bertz CT molecular complexity index is 1130. The van der Waals surface area contributed by atoms with Crippen LogP contribution >= 0.6 is 11.6 Å².